The first-order valence-electron chi connectivity index (χ1n) is 6.79. The summed E-state index contributed by atoms with van der Waals surface area (Å²) >= 11 is 12.0. The highest BCUT2D eigenvalue weighted by Gasteiger charge is 2.41. The Bertz CT molecular complexity index is 485. The second kappa shape index (κ2) is 5.64. The smallest absolute Gasteiger partial charge is 0.175 e. The van der Waals surface area contributed by atoms with Crippen LogP contribution in [0.4, 0.5) is 5.69 Å². The molecule has 0 amide bonds. The summed E-state index contributed by atoms with van der Waals surface area (Å²) in [4.78, 5) is 2.13. The molecule has 0 unspecified atom stereocenters. The Labute approximate surface area is 128 Å². The van der Waals surface area contributed by atoms with E-state index in [4.69, 9.17) is 32.7 Å². The van der Waals surface area contributed by atoms with Gasteiger partial charge in [-0.25, -0.2) is 0 Å². The molecule has 1 aliphatic carbocycles. The average molecular weight is 318 g/mol. The van der Waals surface area contributed by atoms with Gasteiger partial charge in [-0.15, -0.1) is 10.2 Å². The van der Waals surface area contributed by atoms with E-state index in [0.717, 1.165) is 31.4 Å². The van der Waals surface area contributed by atoms with Crippen molar-refractivity contribution in [2.24, 2.45) is 0 Å². The Morgan fingerprint density at radius 2 is 1.85 bits per heavy atom. The van der Waals surface area contributed by atoms with Crippen molar-refractivity contribution < 1.29 is 9.47 Å². The largest absolute Gasteiger partial charge is 0.369 e. The summed E-state index contributed by atoms with van der Waals surface area (Å²) in [7, 11) is 2.01. The summed E-state index contributed by atoms with van der Waals surface area (Å²) in [5, 5.41) is 8.33. The molecular weight excluding hydrogens is 301 g/mol. The molecule has 5 nitrogen and oxygen atoms in total. The van der Waals surface area contributed by atoms with E-state index in [-0.39, 0.29) is 5.79 Å². The van der Waals surface area contributed by atoms with Crippen molar-refractivity contribution >= 4 is 28.9 Å². The van der Waals surface area contributed by atoms with Crippen molar-refractivity contribution in [2.45, 2.75) is 37.5 Å². The van der Waals surface area contributed by atoms with E-state index >= 15 is 0 Å². The van der Waals surface area contributed by atoms with Gasteiger partial charge in [0.25, 0.3) is 0 Å². The highest BCUT2D eigenvalue weighted by molar-refractivity contribution is 6.33. The van der Waals surface area contributed by atoms with Crippen molar-refractivity contribution in [2.75, 3.05) is 25.2 Å². The molecule has 110 valence electrons. The zero-order valence-corrected chi connectivity index (χ0v) is 12.8. The van der Waals surface area contributed by atoms with Gasteiger partial charge in [0.05, 0.1) is 18.9 Å². The molecule has 1 saturated heterocycles. The molecular formula is C13H17Cl2N3O2. The molecule has 0 aromatic carbocycles. The minimum Gasteiger partial charge on any atom is -0.369 e. The minimum absolute atomic E-state index is 0.338. The predicted molar refractivity (Wildman–Crippen MR) is 77.3 cm³/mol. The summed E-state index contributed by atoms with van der Waals surface area (Å²) in [6.07, 6.45) is 3.80. The Morgan fingerprint density at radius 1 is 1.20 bits per heavy atom. The van der Waals surface area contributed by atoms with E-state index in [1.165, 1.54) is 0 Å². The molecule has 20 heavy (non-hydrogen) atoms. The van der Waals surface area contributed by atoms with E-state index in [9.17, 15) is 0 Å². The topological polar surface area (TPSA) is 47.5 Å². The van der Waals surface area contributed by atoms with Gasteiger partial charge in [0.2, 0.25) is 0 Å². The molecule has 0 bridgehead atoms. The SMILES string of the molecule is CN(c1cc(Cl)nnc1Cl)C1CCC2(CC1)OCCO2. The quantitative estimate of drug-likeness (QED) is 0.839. The van der Waals surface area contributed by atoms with Crippen LogP contribution in [-0.4, -0.2) is 42.3 Å². The van der Waals surface area contributed by atoms with Crippen LogP contribution in [0, 0.1) is 0 Å². The molecule has 2 aliphatic rings. The lowest BCUT2D eigenvalue weighted by atomic mass is 9.89. The monoisotopic (exact) mass is 317 g/mol. The van der Waals surface area contributed by atoms with Gasteiger partial charge in [-0.05, 0) is 12.8 Å². The predicted octanol–water partition coefficient (Wildman–Crippen LogP) is 2.91. The maximum absolute atomic E-state index is 6.11. The molecule has 1 spiro atoms. The highest BCUT2D eigenvalue weighted by atomic mass is 35.5. The molecule has 1 aromatic heterocycles. The second-order valence-electron chi connectivity index (χ2n) is 5.29. The van der Waals surface area contributed by atoms with Crippen molar-refractivity contribution in [3.63, 3.8) is 0 Å². The number of nitrogens with zero attached hydrogens (tertiary/aromatic N) is 3. The van der Waals surface area contributed by atoms with E-state index in [1.807, 2.05) is 7.05 Å². The number of rotatable bonds is 2. The van der Waals surface area contributed by atoms with Crippen LogP contribution in [0.15, 0.2) is 6.07 Å². The van der Waals surface area contributed by atoms with Gasteiger partial charge in [-0.1, -0.05) is 23.2 Å². The molecule has 3 rings (SSSR count). The number of halogens is 2. The van der Waals surface area contributed by atoms with E-state index < -0.39 is 0 Å². The standard InChI is InChI=1S/C13H17Cl2N3O2/c1-18(10-8-11(14)16-17-12(10)15)9-2-4-13(5-3-9)19-6-7-20-13/h8-9H,2-7H2,1H3. The lowest BCUT2D eigenvalue weighted by molar-refractivity contribution is -0.178. The van der Waals surface area contributed by atoms with Gasteiger partial charge >= 0.3 is 0 Å². The van der Waals surface area contributed by atoms with Crippen LogP contribution in [0.3, 0.4) is 0 Å². The van der Waals surface area contributed by atoms with Crippen molar-refractivity contribution in [3.8, 4) is 0 Å². The van der Waals surface area contributed by atoms with E-state index in [0.29, 0.717) is 29.6 Å². The minimum atomic E-state index is -0.338. The van der Waals surface area contributed by atoms with E-state index in [1.54, 1.807) is 6.07 Å². The maximum Gasteiger partial charge on any atom is 0.175 e. The first-order chi connectivity index (χ1) is 9.60. The van der Waals surface area contributed by atoms with Gasteiger partial charge in [0.15, 0.2) is 16.1 Å². The molecule has 1 saturated carbocycles. The number of hydrogen-bond acceptors (Lipinski definition) is 5. The van der Waals surface area contributed by atoms with Crippen molar-refractivity contribution in [3.05, 3.63) is 16.4 Å². The summed E-state index contributed by atoms with van der Waals surface area (Å²) in [6.45, 7) is 1.41. The van der Waals surface area contributed by atoms with Crippen LogP contribution in [0.2, 0.25) is 10.3 Å². The number of hydrogen-bond donors (Lipinski definition) is 0. The van der Waals surface area contributed by atoms with Crippen LogP contribution >= 0.6 is 23.2 Å². The fourth-order valence-corrected chi connectivity index (χ4v) is 3.37. The summed E-state index contributed by atoms with van der Waals surface area (Å²) < 4.78 is 11.5. The van der Waals surface area contributed by atoms with Gasteiger partial charge < -0.3 is 14.4 Å². The molecule has 2 heterocycles. The number of anilines is 1. The van der Waals surface area contributed by atoms with Crippen molar-refractivity contribution in [1.82, 2.24) is 10.2 Å². The van der Waals surface area contributed by atoms with Gasteiger partial charge in [0, 0.05) is 32.0 Å². The van der Waals surface area contributed by atoms with Crippen LogP contribution in [-0.2, 0) is 9.47 Å². The Hall–Kier alpha value is -0.620. The van der Waals surface area contributed by atoms with Crippen LogP contribution in [0.5, 0.6) is 0 Å². The molecule has 0 atom stereocenters. The third-order valence-electron chi connectivity index (χ3n) is 4.16. The highest BCUT2D eigenvalue weighted by Crippen LogP contribution is 2.39. The summed E-state index contributed by atoms with van der Waals surface area (Å²) in [5.74, 6) is -0.338. The van der Waals surface area contributed by atoms with Gasteiger partial charge in [0.1, 0.15) is 0 Å². The third kappa shape index (κ3) is 2.72. The summed E-state index contributed by atoms with van der Waals surface area (Å²) in [5.41, 5.74) is 0.820. The molecule has 0 radical (unpaired) electrons. The first-order valence-corrected chi connectivity index (χ1v) is 7.55. The fraction of sp³-hybridized carbons (Fsp3) is 0.692. The van der Waals surface area contributed by atoms with Crippen LogP contribution < -0.4 is 4.90 Å². The zero-order valence-electron chi connectivity index (χ0n) is 11.3. The zero-order chi connectivity index (χ0) is 14.2. The lowest BCUT2D eigenvalue weighted by Gasteiger charge is -2.39. The average Bonchev–Trinajstić information content (AvgIpc) is 2.90. The third-order valence-corrected chi connectivity index (χ3v) is 4.61. The number of aromatic nitrogens is 2. The normalized spacial score (nSPS) is 22.4. The van der Waals surface area contributed by atoms with E-state index in [2.05, 4.69) is 15.1 Å². The Kier molecular flexibility index (Phi) is 4.04. The van der Waals surface area contributed by atoms with Crippen LogP contribution in [0.25, 0.3) is 0 Å². The molecule has 7 heteroatoms. The van der Waals surface area contributed by atoms with Gasteiger partial charge in [-0.3, -0.25) is 0 Å². The molecule has 1 aromatic rings. The first kappa shape index (κ1) is 14.3. The molecule has 0 N–H and O–H groups in total. The Morgan fingerprint density at radius 3 is 2.50 bits per heavy atom. The summed E-state index contributed by atoms with van der Waals surface area (Å²) in [6, 6.07) is 2.13. The van der Waals surface area contributed by atoms with Crippen LogP contribution in [0.1, 0.15) is 25.7 Å². The molecule has 2 fully saturated rings. The maximum atomic E-state index is 6.11. The Balaban J connectivity index is 1.69. The van der Waals surface area contributed by atoms with Crippen molar-refractivity contribution in [1.29, 1.82) is 0 Å². The molecule has 1 aliphatic heterocycles. The van der Waals surface area contributed by atoms with Gasteiger partial charge in [-0.2, -0.15) is 0 Å². The fourth-order valence-electron chi connectivity index (χ4n) is 3.00. The number of ether oxygens (including phenoxy) is 2. The lowest BCUT2D eigenvalue weighted by Crippen LogP contribution is -2.43. The second-order valence-corrected chi connectivity index (χ2v) is 6.04.